The molecule has 0 amide bonds. The zero-order valence-corrected chi connectivity index (χ0v) is 20.3. The van der Waals surface area contributed by atoms with Gasteiger partial charge in [0.15, 0.2) is 21.5 Å². The fourth-order valence-corrected chi connectivity index (χ4v) is 5.52. The number of benzene rings is 1. The van der Waals surface area contributed by atoms with Gasteiger partial charge in [-0.3, -0.25) is 0 Å². The molecule has 1 fully saturated rings. The number of sulfone groups is 1. The molecule has 0 saturated heterocycles. The molecular weight excluding hydrogens is 466 g/mol. The summed E-state index contributed by atoms with van der Waals surface area (Å²) in [6.07, 6.45) is 3.70. The van der Waals surface area contributed by atoms with Crippen molar-refractivity contribution in [2.24, 2.45) is 0 Å². The van der Waals surface area contributed by atoms with Crippen LogP contribution < -0.4 is 0 Å². The second kappa shape index (κ2) is 9.46. The van der Waals surface area contributed by atoms with E-state index in [4.69, 9.17) is 21.1 Å². The van der Waals surface area contributed by atoms with Gasteiger partial charge in [0.2, 0.25) is 0 Å². The summed E-state index contributed by atoms with van der Waals surface area (Å²) in [7, 11) is -0.652. The van der Waals surface area contributed by atoms with E-state index in [1.165, 1.54) is 19.5 Å². The van der Waals surface area contributed by atoms with Crippen LogP contribution in [0.25, 0.3) is 11.4 Å². The Kier molecular flexibility index (Phi) is 6.81. The number of nitrogens with zero attached hydrogens (tertiary/aromatic N) is 5. The van der Waals surface area contributed by atoms with E-state index < -0.39 is 21.2 Å². The predicted octanol–water partition coefficient (Wildman–Crippen LogP) is 3.22. The van der Waals surface area contributed by atoms with Crippen LogP contribution in [0.5, 0.6) is 0 Å². The average molecular weight is 492 g/mol. The van der Waals surface area contributed by atoms with E-state index in [1.807, 2.05) is 34.9 Å². The molecule has 0 unspecified atom stereocenters. The third-order valence-electron chi connectivity index (χ3n) is 5.95. The molecule has 0 bridgehead atoms. The van der Waals surface area contributed by atoms with Gasteiger partial charge in [-0.05, 0) is 19.8 Å². The van der Waals surface area contributed by atoms with Gasteiger partial charge in [-0.15, -0.1) is 10.2 Å². The van der Waals surface area contributed by atoms with Crippen molar-refractivity contribution in [3.8, 4) is 11.4 Å². The highest BCUT2D eigenvalue weighted by molar-refractivity contribution is 7.91. The lowest BCUT2D eigenvalue weighted by Gasteiger charge is -2.24. The van der Waals surface area contributed by atoms with Crippen LogP contribution in [0, 0.1) is 0 Å². The van der Waals surface area contributed by atoms with Crippen LogP contribution in [0.3, 0.4) is 0 Å². The third-order valence-corrected chi connectivity index (χ3v) is 8.18. The van der Waals surface area contributed by atoms with E-state index in [0.717, 1.165) is 18.4 Å². The van der Waals surface area contributed by atoms with E-state index in [0.29, 0.717) is 23.3 Å². The summed E-state index contributed by atoms with van der Waals surface area (Å²) in [6.45, 7) is 2.04. The zero-order valence-electron chi connectivity index (χ0n) is 18.7. The average Bonchev–Trinajstić information content (AvgIpc) is 3.46. The number of ether oxygens (including phenoxy) is 2. The quantitative estimate of drug-likeness (QED) is 0.425. The number of rotatable bonds is 10. The van der Waals surface area contributed by atoms with Gasteiger partial charge in [0.25, 0.3) is 0 Å². The minimum atomic E-state index is -3.72. The molecule has 0 aliphatic heterocycles. The molecule has 2 atom stereocenters. The summed E-state index contributed by atoms with van der Waals surface area (Å²) in [5, 5.41) is 8.12. The Balaban J connectivity index is 1.69. The summed E-state index contributed by atoms with van der Waals surface area (Å²) in [5.41, 5.74) is 0.519. The fraction of sp³-hybridized carbons (Fsp3) is 0.455. The van der Waals surface area contributed by atoms with Gasteiger partial charge < -0.3 is 14.0 Å². The summed E-state index contributed by atoms with van der Waals surface area (Å²) >= 11 is 5.87. The number of hydrogen-bond acceptors (Lipinski definition) is 8. The van der Waals surface area contributed by atoms with Crippen molar-refractivity contribution < 1.29 is 17.9 Å². The molecule has 2 aromatic heterocycles. The SMILES string of the molecule is COCC1(n2c(CS(=O)(=O)[C@@H](C)[C@H](OC)c3ncc(Cl)cn3)nnc2-c2ccccc2)CC1. The molecule has 9 nitrogen and oxygen atoms in total. The lowest BCUT2D eigenvalue weighted by molar-refractivity contribution is 0.0948. The Bertz CT molecular complexity index is 1200. The summed E-state index contributed by atoms with van der Waals surface area (Å²) < 4.78 is 39.8. The summed E-state index contributed by atoms with van der Waals surface area (Å²) in [6, 6.07) is 9.62. The van der Waals surface area contributed by atoms with Crippen LogP contribution in [0.1, 0.15) is 37.5 Å². The number of hydrogen-bond donors (Lipinski definition) is 0. The molecule has 1 aliphatic rings. The zero-order chi connectivity index (χ0) is 23.6. The summed E-state index contributed by atoms with van der Waals surface area (Å²) in [4.78, 5) is 8.29. The van der Waals surface area contributed by atoms with Crippen LogP contribution >= 0.6 is 11.6 Å². The van der Waals surface area contributed by atoms with Crippen molar-refractivity contribution in [2.75, 3.05) is 20.8 Å². The highest BCUT2D eigenvalue weighted by atomic mass is 35.5. The highest BCUT2D eigenvalue weighted by Crippen LogP contribution is 2.47. The molecule has 1 aromatic carbocycles. The highest BCUT2D eigenvalue weighted by Gasteiger charge is 2.48. The second-order valence-electron chi connectivity index (χ2n) is 8.23. The molecule has 1 saturated carbocycles. The van der Waals surface area contributed by atoms with Crippen LogP contribution in [0.15, 0.2) is 42.7 Å². The van der Waals surface area contributed by atoms with E-state index in [9.17, 15) is 8.42 Å². The molecule has 2 heterocycles. The van der Waals surface area contributed by atoms with E-state index in [-0.39, 0.29) is 17.1 Å². The minimum Gasteiger partial charge on any atom is -0.382 e. The largest absolute Gasteiger partial charge is 0.382 e. The Labute approximate surface area is 198 Å². The van der Waals surface area contributed by atoms with Gasteiger partial charge in [-0.25, -0.2) is 18.4 Å². The van der Waals surface area contributed by atoms with Gasteiger partial charge in [-0.1, -0.05) is 41.9 Å². The van der Waals surface area contributed by atoms with Crippen molar-refractivity contribution in [2.45, 2.75) is 42.4 Å². The van der Waals surface area contributed by atoms with E-state index >= 15 is 0 Å². The standard InChI is InChI=1S/C22H26ClN5O4S/c1-15(19(32-3)20-24-11-17(23)12-25-20)33(29,30)13-18-26-27-21(16-7-5-4-6-8-16)28(18)22(9-10-22)14-31-2/h4-8,11-12,15,19H,9-10,13-14H2,1-3H3/t15-,19-/m0/s1. The van der Waals surface area contributed by atoms with E-state index in [1.54, 1.807) is 14.0 Å². The maximum absolute atomic E-state index is 13.5. The van der Waals surface area contributed by atoms with Gasteiger partial charge >= 0.3 is 0 Å². The van der Waals surface area contributed by atoms with Crippen molar-refractivity contribution in [1.82, 2.24) is 24.7 Å². The molecular formula is C22H26ClN5O4S. The first-order valence-electron chi connectivity index (χ1n) is 10.5. The second-order valence-corrected chi connectivity index (χ2v) is 11.0. The fourth-order valence-electron chi connectivity index (χ4n) is 4.00. The molecule has 11 heteroatoms. The normalized spacial score (nSPS) is 17.0. The molecule has 3 aromatic rings. The Morgan fingerprint density at radius 3 is 2.36 bits per heavy atom. The predicted molar refractivity (Wildman–Crippen MR) is 123 cm³/mol. The van der Waals surface area contributed by atoms with Gasteiger partial charge in [-0.2, -0.15) is 0 Å². The molecule has 0 N–H and O–H groups in total. The molecule has 0 spiro atoms. The first-order chi connectivity index (χ1) is 15.8. The summed E-state index contributed by atoms with van der Waals surface area (Å²) in [5.74, 6) is 0.962. The van der Waals surface area contributed by atoms with Crippen molar-refractivity contribution in [3.63, 3.8) is 0 Å². The number of methoxy groups -OCH3 is 2. The van der Waals surface area contributed by atoms with Gasteiger partial charge in [0.1, 0.15) is 17.7 Å². The lowest BCUT2D eigenvalue weighted by atomic mass is 10.2. The maximum Gasteiger partial charge on any atom is 0.164 e. The molecule has 176 valence electrons. The molecule has 0 radical (unpaired) electrons. The Morgan fingerprint density at radius 1 is 1.12 bits per heavy atom. The van der Waals surface area contributed by atoms with Crippen LogP contribution in [0.2, 0.25) is 5.02 Å². The number of halogens is 1. The minimum absolute atomic E-state index is 0.252. The molecule has 4 rings (SSSR count). The van der Waals surface area contributed by atoms with E-state index in [2.05, 4.69) is 20.2 Å². The third kappa shape index (κ3) is 4.79. The van der Waals surface area contributed by atoms with Gasteiger partial charge in [0, 0.05) is 32.2 Å². The first-order valence-corrected chi connectivity index (χ1v) is 12.6. The van der Waals surface area contributed by atoms with Crippen LogP contribution in [-0.2, 0) is 30.6 Å². The Morgan fingerprint density at radius 2 is 1.79 bits per heavy atom. The van der Waals surface area contributed by atoms with Crippen LogP contribution in [-0.4, -0.2) is 59.2 Å². The maximum atomic E-state index is 13.5. The van der Waals surface area contributed by atoms with Gasteiger partial charge in [0.05, 0.1) is 22.4 Å². The smallest absolute Gasteiger partial charge is 0.164 e. The topological polar surface area (TPSA) is 109 Å². The first kappa shape index (κ1) is 23.7. The monoisotopic (exact) mass is 491 g/mol. The lowest BCUT2D eigenvalue weighted by Crippen LogP contribution is -2.32. The van der Waals surface area contributed by atoms with Crippen LogP contribution in [0.4, 0.5) is 0 Å². The number of aromatic nitrogens is 5. The Hall–Kier alpha value is -2.40. The van der Waals surface area contributed by atoms with Crippen molar-refractivity contribution in [1.29, 1.82) is 0 Å². The molecule has 1 aliphatic carbocycles. The van der Waals surface area contributed by atoms with Crippen molar-refractivity contribution >= 4 is 21.4 Å². The molecule has 33 heavy (non-hydrogen) atoms. The van der Waals surface area contributed by atoms with Crippen molar-refractivity contribution in [3.05, 3.63) is 59.4 Å².